The lowest BCUT2D eigenvalue weighted by atomic mass is 9.96. The lowest BCUT2D eigenvalue weighted by molar-refractivity contribution is 0.186. The summed E-state index contributed by atoms with van der Waals surface area (Å²) in [6.45, 7) is 4.97. The van der Waals surface area contributed by atoms with Crippen molar-refractivity contribution >= 4 is 17.4 Å². The number of hydrogen-bond donors (Lipinski definition) is 1. The van der Waals surface area contributed by atoms with Crippen molar-refractivity contribution < 1.29 is 4.79 Å². The molecule has 0 spiro atoms. The first-order valence-electron chi connectivity index (χ1n) is 9.19. The number of nitrogens with one attached hydrogen (secondary N) is 1. The fourth-order valence-corrected chi connectivity index (χ4v) is 3.75. The Morgan fingerprint density at radius 3 is 2.64 bits per heavy atom. The summed E-state index contributed by atoms with van der Waals surface area (Å²) in [5.74, 6) is 0.783. The Morgan fingerprint density at radius 2 is 1.88 bits per heavy atom. The molecule has 1 saturated carbocycles. The van der Waals surface area contributed by atoms with Gasteiger partial charge in [-0.2, -0.15) is 9.61 Å². The lowest BCUT2D eigenvalue weighted by Gasteiger charge is -2.37. The first kappa shape index (κ1) is 16.1. The molecule has 1 saturated heterocycles. The average molecular weight is 343 g/mol. The SMILES string of the molecule is Cc1nnc2cc(N3CCN(C(=O)NC4CCCCC4)CC3)cnn12. The van der Waals surface area contributed by atoms with Gasteiger partial charge in [-0.3, -0.25) is 0 Å². The predicted octanol–water partition coefficient (Wildman–Crippen LogP) is 1.60. The van der Waals surface area contributed by atoms with E-state index in [0.717, 1.165) is 56.2 Å². The first-order valence-corrected chi connectivity index (χ1v) is 9.19. The van der Waals surface area contributed by atoms with Gasteiger partial charge in [-0.15, -0.1) is 10.2 Å². The zero-order valence-corrected chi connectivity index (χ0v) is 14.7. The zero-order chi connectivity index (χ0) is 17.2. The molecule has 0 unspecified atom stereocenters. The van der Waals surface area contributed by atoms with Crippen LogP contribution in [0, 0.1) is 6.92 Å². The molecular formula is C17H25N7O. The van der Waals surface area contributed by atoms with Crippen LogP contribution in [0.3, 0.4) is 0 Å². The zero-order valence-electron chi connectivity index (χ0n) is 14.7. The maximum absolute atomic E-state index is 12.4. The van der Waals surface area contributed by atoms with Crippen molar-refractivity contribution in [1.29, 1.82) is 0 Å². The fraction of sp³-hybridized carbons (Fsp3) is 0.647. The van der Waals surface area contributed by atoms with Crippen molar-refractivity contribution in [3.05, 3.63) is 18.1 Å². The van der Waals surface area contributed by atoms with Crippen molar-refractivity contribution in [3.63, 3.8) is 0 Å². The molecule has 8 heteroatoms. The minimum absolute atomic E-state index is 0.0909. The molecule has 0 radical (unpaired) electrons. The number of aryl methyl sites for hydroxylation is 1. The molecule has 3 heterocycles. The molecule has 2 amide bonds. The van der Waals surface area contributed by atoms with Gasteiger partial charge in [0.15, 0.2) is 11.5 Å². The fourth-order valence-electron chi connectivity index (χ4n) is 3.75. The summed E-state index contributed by atoms with van der Waals surface area (Å²) < 4.78 is 1.73. The number of piperazine rings is 1. The van der Waals surface area contributed by atoms with E-state index in [-0.39, 0.29) is 6.03 Å². The number of rotatable bonds is 2. The van der Waals surface area contributed by atoms with Crippen LogP contribution in [0.2, 0.25) is 0 Å². The normalized spacial score (nSPS) is 19.4. The van der Waals surface area contributed by atoms with Crippen molar-refractivity contribution in [2.45, 2.75) is 45.1 Å². The first-order chi connectivity index (χ1) is 12.2. The van der Waals surface area contributed by atoms with E-state index in [1.54, 1.807) is 4.52 Å². The van der Waals surface area contributed by atoms with Gasteiger partial charge in [-0.25, -0.2) is 4.79 Å². The monoisotopic (exact) mass is 343 g/mol. The Bertz CT molecular complexity index is 745. The summed E-state index contributed by atoms with van der Waals surface area (Å²) in [5, 5.41) is 15.8. The standard InChI is InChI=1S/C17H25N7O/c1-13-20-21-16-11-15(12-18-24(13)16)22-7-9-23(10-8-22)17(25)19-14-5-3-2-4-6-14/h11-12,14H,2-10H2,1H3,(H,19,25). The second-order valence-electron chi connectivity index (χ2n) is 6.99. The highest BCUT2D eigenvalue weighted by atomic mass is 16.2. The van der Waals surface area contributed by atoms with Gasteiger partial charge in [0, 0.05) is 38.3 Å². The predicted molar refractivity (Wildman–Crippen MR) is 94.7 cm³/mol. The minimum atomic E-state index is 0.0909. The summed E-state index contributed by atoms with van der Waals surface area (Å²) in [5.41, 5.74) is 1.79. The van der Waals surface area contributed by atoms with Gasteiger partial charge >= 0.3 is 6.03 Å². The number of amides is 2. The van der Waals surface area contributed by atoms with Gasteiger partial charge in [-0.05, 0) is 19.8 Å². The molecule has 2 aromatic heterocycles. The van der Waals surface area contributed by atoms with Crippen LogP contribution in [0.5, 0.6) is 0 Å². The molecule has 2 aliphatic rings. The number of aromatic nitrogens is 4. The average Bonchev–Trinajstić information content (AvgIpc) is 3.03. The van der Waals surface area contributed by atoms with Crippen LogP contribution < -0.4 is 10.2 Å². The maximum Gasteiger partial charge on any atom is 0.317 e. The number of carbonyl (C=O) groups excluding carboxylic acids is 1. The third kappa shape index (κ3) is 3.38. The third-order valence-corrected chi connectivity index (χ3v) is 5.27. The second kappa shape index (κ2) is 6.85. The van der Waals surface area contributed by atoms with Crippen molar-refractivity contribution in [1.82, 2.24) is 30.0 Å². The molecule has 1 aliphatic carbocycles. The topological polar surface area (TPSA) is 78.7 Å². The molecule has 0 bridgehead atoms. The molecule has 1 aliphatic heterocycles. The largest absolute Gasteiger partial charge is 0.367 e. The Labute approximate surface area is 147 Å². The van der Waals surface area contributed by atoms with E-state index < -0.39 is 0 Å². The highest BCUT2D eigenvalue weighted by Gasteiger charge is 2.24. The van der Waals surface area contributed by atoms with Crippen LogP contribution in [0.15, 0.2) is 12.3 Å². The second-order valence-corrected chi connectivity index (χ2v) is 6.99. The van der Waals surface area contributed by atoms with E-state index in [1.165, 1.54) is 19.3 Å². The smallest absolute Gasteiger partial charge is 0.317 e. The summed E-state index contributed by atoms with van der Waals surface area (Å²) in [6, 6.07) is 2.46. The summed E-state index contributed by atoms with van der Waals surface area (Å²) in [4.78, 5) is 16.6. The van der Waals surface area contributed by atoms with Crippen LogP contribution in [0.1, 0.15) is 37.9 Å². The van der Waals surface area contributed by atoms with Crippen molar-refractivity contribution in [2.24, 2.45) is 0 Å². The van der Waals surface area contributed by atoms with Crippen LogP contribution in [0.4, 0.5) is 10.5 Å². The van der Waals surface area contributed by atoms with Crippen LogP contribution in [-0.2, 0) is 0 Å². The van der Waals surface area contributed by atoms with Gasteiger partial charge < -0.3 is 15.1 Å². The molecule has 4 rings (SSSR count). The molecule has 8 nitrogen and oxygen atoms in total. The number of nitrogens with zero attached hydrogens (tertiary/aromatic N) is 6. The van der Waals surface area contributed by atoms with Gasteiger partial charge in [0.2, 0.25) is 0 Å². The Kier molecular flexibility index (Phi) is 4.42. The number of urea groups is 1. The van der Waals surface area contributed by atoms with Gasteiger partial charge in [0.25, 0.3) is 0 Å². The van der Waals surface area contributed by atoms with E-state index in [1.807, 2.05) is 24.1 Å². The number of fused-ring (bicyclic) bond motifs is 1. The van der Waals surface area contributed by atoms with E-state index in [9.17, 15) is 4.79 Å². The molecule has 0 atom stereocenters. The molecule has 1 N–H and O–H groups in total. The van der Waals surface area contributed by atoms with Gasteiger partial charge in [0.05, 0.1) is 11.9 Å². The van der Waals surface area contributed by atoms with Crippen LogP contribution in [-0.4, -0.2) is 63.0 Å². The number of carbonyl (C=O) groups is 1. The van der Waals surface area contributed by atoms with E-state index in [2.05, 4.69) is 25.5 Å². The lowest BCUT2D eigenvalue weighted by Crippen LogP contribution is -2.53. The molecule has 2 aromatic rings. The molecule has 0 aromatic carbocycles. The van der Waals surface area contributed by atoms with E-state index in [4.69, 9.17) is 0 Å². The Hall–Kier alpha value is -2.38. The van der Waals surface area contributed by atoms with Crippen LogP contribution in [0.25, 0.3) is 5.65 Å². The summed E-state index contributed by atoms with van der Waals surface area (Å²) in [7, 11) is 0. The van der Waals surface area contributed by atoms with Crippen molar-refractivity contribution in [2.75, 3.05) is 31.1 Å². The van der Waals surface area contributed by atoms with Crippen LogP contribution >= 0.6 is 0 Å². The molecule has 2 fully saturated rings. The van der Waals surface area contributed by atoms with Crippen molar-refractivity contribution in [3.8, 4) is 0 Å². The van der Waals surface area contributed by atoms with E-state index in [0.29, 0.717) is 6.04 Å². The highest BCUT2D eigenvalue weighted by molar-refractivity contribution is 5.75. The minimum Gasteiger partial charge on any atom is -0.367 e. The van der Waals surface area contributed by atoms with Gasteiger partial charge in [0.1, 0.15) is 0 Å². The van der Waals surface area contributed by atoms with E-state index >= 15 is 0 Å². The van der Waals surface area contributed by atoms with Gasteiger partial charge in [-0.1, -0.05) is 19.3 Å². The highest BCUT2D eigenvalue weighted by Crippen LogP contribution is 2.19. The molecular weight excluding hydrogens is 318 g/mol. The number of anilines is 1. The third-order valence-electron chi connectivity index (χ3n) is 5.27. The Balaban J connectivity index is 1.34. The summed E-state index contributed by atoms with van der Waals surface area (Å²) >= 11 is 0. The summed E-state index contributed by atoms with van der Waals surface area (Å²) in [6.07, 6.45) is 7.85. The molecule has 25 heavy (non-hydrogen) atoms. The maximum atomic E-state index is 12.4. The number of hydrogen-bond acceptors (Lipinski definition) is 5. The Morgan fingerprint density at radius 1 is 1.12 bits per heavy atom. The quantitative estimate of drug-likeness (QED) is 0.896. The molecule has 134 valence electrons.